The molecule has 0 amide bonds. The fourth-order valence-electron chi connectivity index (χ4n) is 16.1. The van der Waals surface area contributed by atoms with Gasteiger partial charge in [-0.1, -0.05) is 240 Å². The van der Waals surface area contributed by atoms with E-state index in [9.17, 15) is 0 Å². The third kappa shape index (κ3) is 30.4. The highest BCUT2D eigenvalue weighted by atomic mass is 79.9. The third-order valence-electron chi connectivity index (χ3n) is 23.7. The molecule has 0 aliphatic rings. The fraction of sp³-hybridized carbons (Fsp3) is 0.188. The zero-order valence-corrected chi connectivity index (χ0v) is 83.1. The first-order valence-electron chi connectivity index (χ1n) is 45.6. The van der Waals surface area contributed by atoms with Crippen molar-refractivity contribution < 1.29 is 0 Å². The highest BCUT2D eigenvalue weighted by Crippen LogP contribution is 2.26. The van der Waals surface area contributed by atoms with Gasteiger partial charge in [0.25, 0.3) is 0 Å². The predicted molar refractivity (Wildman–Crippen MR) is 555 cm³/mol. The van der Waals surface area contributed by atoms with Gasteiger partial charge in [0.15, 0.2) is 0 Å². The normalized spacial score (nSPS) is 11.0. The number of aryl methyl sites for hydroxylation is 1. The van der Waals surface area contributed by atoms with E-state index in [0.29, 0.717) is 80.2 Å². The Labute approximate surface area is 843 Å². The molecule has 0 aliphatic carbocycles. The number of rotatable bonds is 36. The Morgan fingerprint density at radius 3 is 0.942 bits per heavy atom. The van der Waals surface area contributed by atoms with Crippen molar-refractivity contribution in [2.45, 2.75) is 111 Å². The van der Waals surface area contributed by atoms with Gasteiger partial charge in [-0.25, -0.2) is 0 Å². The van der Waals surface area contributed by atoms with Crippen LogP contribution in [0.25, 0.3) is 21.7 Å². The summed E-state index contributed by atoms with van der Waals surface area (Å²) in [5.74, 6) is 3.62. The van der Waals surface area contributed by atoms with E-state index in [2.05, 4.69) is 337 Å². The summed E-state index contributed by atoms with van der Waals surface area (Å²) in [5, 5.41) is 83.4. The summed E-state index contributed by atoms with van der Waals surface area (Å²) in [4.78, 5) is 18.9. The van der Waals surface area contributed by atoms with Crippen LogP contribution in [0.4, 0.5) is 0 Å². The smallest absolute Gasteiger partial charge is 0.147 e. The van der Waals surface area contributed by atoms with Crippen molar-refractivity contribution >= 4 is 85.4 Å². The number of benzene rings is 12. The molecule has 0 atom stereocenters. The predicted octanol–water partition coefficient (Wildman–Crippen LogP) is 22.1. The average molecular weight is 2090 g/mol. The Morgan fingerprint density at radius 1 is 0.281 bits per heavy atom. The highest BCUT2D eigenvalue weighted by molar-refractivity contribution is 9.11. The number of pyridine rings is 2. The van der Waals surface area contributed by atoms with Crippen molar-refractivity contribution in [2.24, 2.45) is 0 Å². The van der Waals surface area contributed by atoms with E-state index in [1.54, 1.807) is 25.3 Å². The molecular weight excluding hydrogens is 1990 g/mol. The Hall–Kier alpha value is -14.8. The molecule has 0 bridgehead atoms. The number of hydrogen-bond donors (Lipinski definition) is 0. The summed E-state index contributed by atoms with van der Waals surface area (Å²) < 4.78 is 12.6. The van der Waals surface area contributed by atoms with E-state index in [-0.39, 0.29) is 0 Å². The maximum absolute atomic E-state index is 9.09. The second-order valence-corrected chi connectivity index (χ2v) is 37.5. The minimum Gasteiger partial charge on any atom is -0.312 e. The molecule has 0 fully saturated rings. The Kier molecular flexibility index (Phi) is 36.1. The van der Waals surface area contributed by atoms with Gasteiger partial charge >= 0.3 is 0 Å². The molecule has 0 saturated heterocycles. The Balaban J connectivity index is 0.000000140. The molecule has 6 aromatic heterocycles. The van der Waals surface area contributed by atoms with Crippen LogP contribution in [0.1, 0.15) is 124 Å². The number of aromatic nitrogens is 14. The molecule has 0 radical (unpaired) electrons. The van der Waals surface area contributed by atoms with Crippen LogP contribution in [0.5, 0.6) is 0 Å². The maximum Gasteiger partial charge on any atom is 0.147 e. The largest absolute Gasteiger partial charge is 0.312 e. The number of halogens is 4. The van der Waals surface area contributed by atoms with E-state index >= 15 is 0 Å². The van der Waals surface area contributed by atoms with Crippen LogP contribution in [0.15, 0.2) is 359 Å². The van der Waals surface area contributed by atoms with Crippen molar-refractivity contribution in [2.75, 3.05) is 26.2 Å². The van der Waals surface area contributed by atoms with Crippen molar-refractivity contribution in [3.63, 3.8) is 0 Å². The molecule has 23 nitrogen and oxygen atoms in total. The minimum absolute atomic E-state index is 0.644. The molecule has 0 N–H and O–H groups in total. The van der Waals surface area contributed by atoms with E-state index in [1.807, 2.05) is 163 Å². The van der Waals surface area contributed by atoms with Crippen molar-refractivity contribution in [3.05, 3.63) is 482 Å². The second-order valence-electron chi connectivity index (χ2n) is 33.8. The molecule has 18 aromatic rings. The van der Waals surface area contributed by atoms with Gasteiger partial charge in [-0.2, -0.15) is 26.3 Å². The Morgan fingerprint density at radius 2 is 0.583 bits per heavy atom. The van der Waals surface area contributed by atoms with Crippen molar-refractivity contribution in [1.29, 1.82) is 26.3 Å². The van der Waals surface area contributed by atoms with Gasteiger partial charge in [-0.05, 0) is 238 Å². The number of hydrogen-bond acceptors (Lipinski definition) is 19. The molecule has 0 saturated carbocycles. The van der Waals surface area contributed by atoms with E-state index in [1.165, 1.54) is 44.2 Å². The summed E-state index contributed by atoms with van der Waals surface area (Å²) in [6.07, 6.45) is 12.8. The van der Waals surface area contributed by atoms with Crippen LogP contribution < -0.4 is 0 Å². The van der Waals surface area contributed by atoms with Gasteiger partial charge in [-0.3, -0.25) is 29.6 Å². The monoisotopic (exact) mass is 2080 g/mol. The standard InChI is InChI=1S/C30H26BrN5.C29H25BrN6.C27H23BrN6.C26H25BrN6/c31-28-14-12-23(13-15-28)16-17-35(20-27-6-3-5-26-4-1-2-7-29(26)27)21-30-34-33-22-36(30)19-25-10-8-24(18-32)9-11-25;30-27-11-9-22(10-12-27)13-14-35(18-25-15-26-3-1-2-4-28(26)32-17-25)20-29-34-33-21-36(29)19-24-7-5-23(16-31)6-8-24;28-26-11-9-21(10-12-26)13-14-33(17-24-5-1-22(15-29)2-6-24)19-27-32-31-20-34(27)18-25-7-3-23(16-30)4-8-25;1-20-3-2-4-25(30-20)17-32(14-13-21-9-11-24(27)12-10-21)18-26-31-29-19-33(26)16-23-7-5-22(15-28)6-8-23/h1-15,22H,16-17,19-21H2;1-12,15,17,21H,13-14,18-20H2;1-12,20H,13-14,17-19H2;2-12,19H,13-14,16-18H2,1H3. The summed E-state index contributed by atoms with van der Waals surface area (Å²) in [5.41, 5.74) is 19.6. The maximum atomic E-state index is 9.09. The lowest BCUT2D eigenvalue weighted by atomic mass is 10.0. The van der Waals surface area contributed by atoms with Gasteiger partial charge in [0, 0.05) is 87.5 Å². The quantitative estimate of drug-likeness (QED) is 0.0353. The van der Waals surface area contributed by atoms with E-state index in [0.717, 1.165) is 169 Å². The third-order valence-corrected chi connectivity index (χ3v) is 25.8. The van der Waals surface area contributed by atoms with Crippen LogP contribution in [0.2, 0.25) is 0 Å². The average Bonchev–Trinajstić information content (AvgIpc) is 1.83. The molecular formula is C112H99Br4N23. The lowest BCUT2D eigenvalue weighted by Crippen LogP contribution is -2.27. The van der Waals surface area contributed by atoms with Crippen molar-refractivity contribution in [3.8, 4) is 30.3 Å². The van der Waals surface area contributed by atoms with Crippen LogP contribution in [-0.2, 0) is 104 Å². The summed E-state index contributed by atoms with van der Waals surface area (Å²) in [7, 11) is 0. The second kappa shape index (κ2) is 50.9. The molecule has 139 heavy (non-hydrogen) atoms. The van der Waals surface area contributed by atoms with Crippen LogP contribution >= 0.6 is 63.7 Å². The summed E-state index contributed by atoms with van der Waals surface area (Å²) >= 11 is 14.1. The molecule has 690 valence electrons. The Bertz CT molecular complexity index is 7210. The summed E-state index contributed by atoms with van der Waals surface area (Å²) in [6, 6.07) is 115. The van der Waals surface area contributed by atoms with E-state index < -0.39 is 0 Å². The first-order chi connectivity index (χ1) is 68.0. The van der Waals surface area contributed by atoms with Crippen LogP contribution in [0, 0.1) is 63.6 Å². The van der Waals surface area contributed by atoms with Gasteiger partial charge < -0.3 is 18.3 Å². The zero-order valence-electron chi connectivity index (χ0n) is 76.8. The summed E-state index contributed by atoms with van der Waals surface area (Å²) in [6.45, 7) is 13.9. The van der Waals surface area contributed by atoms with Crippen molar-refractivity contribution in [1.82, 2.24) is 88.6 Å². The lowest BCUT2D eigenvalue weighted by Gasteiger charge is -2.23. The lowest BCUT2D eigenvalue weighted by molar-refractivity contribution is 0.247. The molecule has 6 heterocycles. The topological polar surface area (TPSA) is 281 Å². The molecule has 18 rings (SSSR count). The van der Waals surface area contributed by atoms with Gasteiger partial charge in [0.05, 0.1) is 122 Å². The SMILES string of the molecule is Cc1cccc(CN(CCc2ccc(Br)cc2)Cc2nncn2Cc2ccc(C#N)cc2)n1.N#Cc1ccc(CN(CCc2ccc(Br)cc2)Cc2nncn2Cc2ccc(C#N)cc2)cc1.N#Cc1ccc(Cn2cnnc2CN(CCc2ccc(Br)cc2)Cc2cccc3ccccc23)cc1.N#Cc1ccc(Cn2cnnc2CN(CCc2ccc(Br)cc2)Cc2cnc3ccccc3c2)cc1. The number of nitrogens with zero attached hydrogens (tertiary/aromatic N) is 23. The first kappa shape index (κ1) is 98.7. The number of para-hydroxylation sites is 1. The molecule has 0 aliphatic heterocycles. The zero-order chi connectivity index (χ0) is 96.3. The first-order valence-corrected chi connectivity index (χ1v) is 48.7. The fourth-order valence-corrected chi connectivity index (χ4v) is 17.1. The molecule has 12 aromatic carbocycles. The van der Waals surface area contributed by atoms with Crippen LogP contribution in [0.3, 0.4) is 0 Å². The molecule has 27 heteroatoms. The number of nitriles is 5. The van der Waals surface area contributed by atoms with E-state index in [4.69, 9.17) is 31.3 Å². The number of fused-ring (bicyclic) bond motifs is 2. The molecule has 0 unspecified atom stereocenters. The van der Waals surface area contributed by atoms with Gasteiger partial charge in [0.2, 0.25) is 0 Å². The minimum atomic E-state index is 0.644. The highest BCUT2D eigenvalue weighted by Gasteiger charge is 2.21. The van der Waals surface area contributed by atoms with Gasteiger partial charge in [-0.15, -0.1) is 40.8 Å². The molecule has 0 spiro atoms. The van der Waals surface area contributed by atoms with Crippen LogP contribution in [-0.4, -0.2) is 115 Å². The van der Waals surface area contributed by atoms with Gasteiger partial charge in [0.1, 0.15) is 48.6 Å².